The molecule has 3 atom stereocenters. The summed E-state index contributed by atoms with van der Waals surface area (Å²) in [5.74, 6) is 0.912. The number of hydrogen-bond acceptors (Lipinski definition) is 7. The molecule has 2 heterocycles. The van der Waals surface area contributed by atoms with Crippen LogP contribution in [0.5, 0.6) is 17.2 Å². The normalized spacial score (nSPS) is 22.9. The zero-order chi connectivity index (χ0) is 25.4. The second kappa shape index (κ2) is 9.80. The molecular formula is C29H31NO6. The number of ketones is 1. The SMILES string of the molecule is COc1ccc(C2CC(=O)C3C(=NC(C)=C(C(=O)OCC(C)C)C3c3ccc4c(c3)OCO4)C2)cc1. The zero-order valence-corrected chi connectivity index (χ0v) is 21.1. The Labute approximate surface area is 211 Å². The molecular weight excluding hydrogens is 458 g/mol. The van der Waals surface area contributed by atoms with Crippen molar-refractivity contribution in [3.63, 3.8) is 0 Å². The number of allylic oxidation sites excluding steroid dienone is 1. The first-order valence-electron chi connectivity index (χ1n) is 12.4. The molecule has 2 aliphatic heterocycles. The maximum atomic E-state index is 13.8. The van der Waals surface area contributed by atoms with Gasteiger partial charge in [-0.3, -0.25) is 9.79 Å². The lowest BCUT2D eigenvalue weighted by atomic mass is 9.66. The summed E-state index contributed by atoms with van der Waals surface area (Å²) in [6.45, 7) is 6.27. The second-order valence-electron chi connectivity index (χ2n) is 10.0. The fourth-order valence-corrected chi connectivity index (χ4v) is 5.34. The molecule has 0 saturated heterocycles. The third kappa shape index (κ3) is 4.50. The molecule has 188 valence electrons. The molecule has 1 saturated carbocycles. The number of fused-ring (bicyclic) bond motifs is 2. The van der Waals surface area contributed by atoms with Crippen LogP contribution >= 0.6 is 0 Å². The maximum Gasteiger partial charge on any atom is 0.336 e. The molecule has 1 aliphatic carbocycles. The first-order valence-corrected chi connectivity index (χ1v) is 12.4. The predicted molar refractivity (Wildman–Crippen MR) is 135 cm³/mol. The Kier molecular flexibility index (Phi) is 6.56. The number of methoxy groups -OCH3 is 1. The van der Waals surface area contributed by atoms with Gasteiger partial charge in [-0.2, -0.15) is 0 Å². The number of hydrogen-bond donors (Lipinski definition) is 0. The molecule has 1 fully saturated rings. The Balaban J connectivity index is 1.54. The number of carbonyl (C=O) groups is 2. The minimum atomic E-state index is -0.523. The van der Waals surface area contributed by atoms with Gasteiger partial charge < -0.3 is 18.9 Å². The molecule has 2 aromatic rings. The van der Waals surface area contributed by atoms with Gasteiger partial charge in [0.05, 0.1) is 25.2 Å². The van der Waals surface area contributed by atoms with E-state index in [4.69, 9.17) is 23.9 Å². The summed E-state index contributed by atoms with van der Waals surface area (Å²) >= 11 is 0. The highest BCUT2D eigenvalue weighted by Crippen LogP contribution is 2.47. The van der Waals surface area contributed by atoms with E-state index in [9.17, 15) is 9.59 Å². The molecule has 2 aromatic carbocycles. The lowest BCUT2D eigenvalue weighted by Gasteiger charge is -2.38. The van der Waals surface area contributed by atoms with Gasteiger partial charge in [0.15, 0.2) is 11.5 Å². The van der Waals surface area contributed by atoms with Gasteiger partial charge in [-0.15, -0.1) is 0 Å². The highest BCUT2D eigenvalue weighted by molar-refractivity contribution is 6.12. The summed E-state index contributed by atoms with van der Waals surface area (Å²) < 4.78 is 22.0. The number of benzene rings is 2. The molecule has 7 nitrogen and oxygen atoms in total. The van der Waals surface area contributed by atoms with Crippen molar-refractivity contribution in [1.29, 1.82) is 0 Å². The number of aliphatic imine (C=N–C) groups is 1. The molecule has 7 heteroatoms. The van der Waals surface area contributed by atoms with Crippen LogP contribution in [-0.4, -0.2) is 38.0 Å². The van der Waals surface area contributed by atoms with Crippen molar-refractivity contribution < 1.29 is 28.5 Å². The van der Waals surface area contributed by atoms with Crippen molar-refractivity contribution in [3.8, 4) is 17.2 Å². The summed E-state index contributed by atoms with van der Waals surface area (Å²) in [6.07, 6.45) is 1.03. The van der Waals surface area contributed by atoms with E-state index in [1.54, 1.807) is 7.11 Å². The summed E-state index contributed by atoms with van der Waals surface area (Å²) in [5.41, 5.74) is 3.76. The third-order valence-corrected chi connectivity index (χ3v) is 7.07. The largest absolute Gasteiger partial charge is 0.497 e. The monoisotopic (exact) mass is 489 g/mol. The average Bonchev–Trinajstić information content (AvgIpc) is 3.34. The molecule has 0 spiro atoms. The number of nitrogens with zero attached hydrogens (tertiary/aromatic N) is 1. The number of Topliss-reactive ketones (excluding diaryl/α,β-unsaturated/α-hetero) is 1. The fraction of sp³-hybridized carbons (Fsp3) is 0.414. The van der Waals surface area contributed by atoms with Gasteiger partial charge in [0.2, 0.25) is 6.79 Å². The first-order chi connectivity index (χ1) is 17.4. The van der Waals surface area contributed by atoms with Crippen molar-refractivity contribution in [1.82, 2.24) is 0 Å². The van der Waals surface area contributed by atoms with Gasteiger partial charge in [-0.1, -0.05) is 32.0 Å². The van der Waals surface area contributed by atoms with Crippen LogP contribution in [0, 0.1) is 11.8 Å². The lowest BCUT2D eigenvalue weighted by Crippen LogP contribution is -2.41. The van der Waals surface area contributed by atoms with E-state index < -0.39 is 17.8 Å². The Bertz CT molecular complexity index is 1240. The third-order valence-electron chi connectivity index (χ3n) is 7.07. The molecule has 5 rings (SSSR count). The van der Waals surface area contributed by atoms with Crippen LogP contribution in [0.1, 0.15) is 56.6 Å². The van der Waals surface area contributed by atoms with Crippen LogP contribution in [0.25, 0.3) is 0 Å². The molecule has 0 aromatic heterocycles. The van der Waals surface area contributed by atoms with E-state index in [2.05, 4.69) is 0 Å². The topological polar surface area (TPSA) is 83.4 Å². The molecule has 0 N–H and O–H groups in total. The average molecular weight is 490 g/mol. The van der Waals surface area contributed by atoms with E-state index in [-0.39, 0.29) is 24.4 Å². The van der Waals surface area contributed by atoms with Crippen LogP contribution in [-0.2, 0) is 14.3 Å². The smallest absolute Gasteiger partial charge is 0.336 e. The number of esters is 1. The van der Waals surface area contributed by atoms with Crippen molar-refractivity contribution in [2.75, 3.05) is 20.5 Å². The Morgan fingerprint density at radius 1 is 1.03 bits per heavy atom. The van der Waals surface area contributed by atoms with Gasteiger partial charge in [0, 0.05) is 23.7 Å². The van der Waals surface area contributed by atoms with Crippen LogP contribution in [0.15, 0.2) is 58.7 Å². The molecule has 0 radical (unpaired) electrons. The Hall–Kier alpha value is -3.61. The molecule has 0 bridgehead atoms. The van der Waals surface area contributed by atoms with Crippen LogP contribution < -0.4 is 14.2 Å². The summed E-state index contributed by atoms with van der Waals surface area (Å²) in [7, 11) is 1.63. The highest BCUT2D eigenvalue weighted by Gasteiger charge is 2.46. The van der Waals surface area contributed by atoms with Crippen molar-refractivity contribution >= 4 is 17.5 Å². The quantitative estimate of drug-likeness (QED) is 0.519. The molecule has 3 aliphatic rings. The van der Waals surface area contributed by atoms with E-state index >= 15 is 0 Å². The molecule has 0 amide bonds. The molecule has 3 unspecified atom stereocenters. The van der Waals surface area contributed by atoms with Crippen molar-refractivity contribution in [2.24, 2.45) is 16.8 Å². The first kappa shape index (κ1) is 24.1. The zero-order valence-electron chi connectivity index (χ0n) is 21.1. The highest BCUT2D eigenvalue weighted by atomic mass is 16.7. The fourth-order valence-electron chi connectivity index (χ4n) is 5.34. The number of rotatable bonds is 6. The van der Waals surface area contributed by atoms with E-state index in [0.717, 1.165) is 22.6 Å². The number of ether oxygens (including phenoxy) is 4. The van der Waals surface area contributed by atoms with E-state index in [0.29, 0.717) is 42.2 Å². The van der Waals surface area contributed by atoms with Crippen molar-refractivity contribution in [2.45, 2.75) is 45.4 Å². The van der Waals surface area contributed by atoms with E-state index in [1.807, 2.05) is 63.2 Å². The molecule has 36 heavy (non-hydrogen) atoms. The minimum Gasteiger partial charge on any atom is -0.497 e. The summed E-state index contributed by atoms with van der Waals surface area (Å²) in [5, 5.41) is 0. The standard InChI is InChI=1S/C29H31NO6/c1-16(2)14-34-29(32)26-17(3)30-22-11-20(18-5-8-21(33-4)9-6-18)12-23(31)28(22)27(26)19-7-10-24-25(13-19)36-15-35-24/h5-10,13,16,20,27-28H,11-12,14-15H2,1-4H3. The van der Waals surface area contributed by atoms with Gasteiger partial charge >= 0.3 is 5.97 Å². The minimum absolute atomic E-state index is 0.0260. The predicted octanol–water partition coefficient (Wildman–Crippen LogP) is 5.20. The second-order valence-corrected chi connectivity index (χ2v) is 10.0. The van der Waals surface area contributed by atoms with Gasteiger partial charge in [-0.05, 0) is 60.6 Å². The Morgan fingerprint density at radius 2 is 1.75 bits per heavy atom. The van der Waals surface area contributed by atoms with Crippen molar-refractivity contribution in [3.05, 3.63) is 64.9 Å². The summed E-state index contributed by atoms with van der Waals surface area (Å²) in [6, 6.07) is 13.5. The van der Waals surface area contributed by atoms with Crippen LogP contribution in [0.2, 0.25) is 0 Å². The number of carbonyl (C=O) groups excluding carboxylic acids is 2. The van der Waals surface area contributed by atoms with Gasteiger partial charge in [-0.25, -0.2) is 4.79 Å². The van der Waals surface area contributed by atoms with Gasteiger partial charge in [0.1, 0.15) is 11.5 Å². The Morgan fingerprint density at radius 3 is 2.47 bits per heavy atom. The van der Waals surface area contributed by atoms with E-state index in [1.165, 1.54) is 0 Å². The van der Waals surface area contributed by atoms with Crippen LogP contribution in [0.3, 0.4) is 0 Å². The van der Waals surface area contributed by atoms with Crippen LogP contribution in [0.4, 0.5) is 0 Å². The summed E-state index contributed by atoms with van der Waals surface area (Å²) in [4.78, 5) is 31.9. The maximum absolute atomic E-state index is 13.8. The lowest BCUT2D eigenvalue weighted by molar-refractivity contribution is -0.140. The van der Waals surface area contributed by atoms with Gasteiger partial charge in [0.25, 0.3) is 0 Å².